The summed E-state index contributed by atoms with van der Waals surface area (Å²) in [7, 11) is 0. The van der Waals surface area contributed by atoms with Gasteiger partial charge in [0.2, 0.25) is 0 Å². The zero-order valence-corrected chi connectivity index (χ0v) is 20.0. The number of ether oxygens (including phenoxy) is 2. The standard InChI is InChI=1S/C24H34N6O4/c1-15-16(2)30(24(32)20-14-26-28-22(20)18-5-11-34-12-6-18)8-7-29(15)23(31)19-13-25-27-21(19)17-3-9-33-10-4-17/h13-18H,3-12H2,1-2H3,(H,25,27)(H,26,28). The Labute approximate surface area is 199 Å². The lowest BCUT2D eigenvalue weighted by Gasteiger charge is -2.45. The van der Waals surface area contributed by atoms with Gasteiger partial charge in [0.25, 0.3) is 11.8 Å². The van der Waals surface area contributed by atoms with Crippen molar-refractivity contribution in [3.05, 3.63) is 34.9 Å². The Morgan fingerprint density at radius 3 is 1.53 bits per heavy atom. The van der Waals surface area contributed by atoms with Gasteiger partial charge in [-0.05, 0) is 39.5 Å². The molecule has 2 unspecified atom stereocenters. The Morgan fingerprint density at radius 2 is 1.15 bits per heavy atom. The second-order valence-electron chi connectivity index (χ2n) is 9.65. The highest BCUT2D eigenvalue weighted by Gasteiger charge is 2.39. The van der Waals surface area contributed by atoms with Crippen LogP contribution in [0.5, 0.6) is 0 Å². The van der Waals surface area contributed by atoms with E-state index in [2.05, 4.69) is 20.4 Å². The first-order valence-corrected chi connectivity index (χ1v) is 12.4. The molecule has 2 aromatic heterocycles. The highest BCUT2D eigenvalue weighted by molar-refractivity contribution is 5.97. The lowest BCUT2D eigenvalue weighted by molar-refractivity contribution is 0.0237. The second-order valence-corrected chi connectivity index (χ2v) is 9.65. The number of nitrogens with zero attached hydrogens (tertiary/aromatic N) is 4. The fourth-order valence-corrected chi connectivity index (χ4v) is 5.55. The van der Waals surface area contributed by atoms with E-state index in [1.807, 2.05) is 23.6 Å². The number of carbonyl (C=O) groups excluding carboxylic acids is 2. The normalized spacial score (nSPS) is 25.0. The monoisotopic (exact) mass is 470 g/mol. The maximum atomic E-state index is 13.6. The SMILES string of the molecule is CC1C(C)N(C(=O)c2cn[nH]c2C2CCOCC2)CCN1C(=O)c1cn[nH]c1C1CCOCC1. The minimum atomic E-state index is -0.124. The maximum absolute atomic E-state index is 13.6. The van der Waals surface area contributed by atoms with E-state index < -0.39 is 0 Å². The van der Waals surface area contributed by atoms with Gasteiger partial charge in [0.15, 0.2) is 0 Å². The first-order valence-electron chi connectivity index (χ1n) is 12.4. The van der Waals surface area contributed by atoms with Crippen LogP contribution < -0.4 is 0 Å². The summed E-state index contributed by atoms with van der Waals surface area (Å²) in [5.74, 6) is 0.479. The highest BCUT2D eigenvalue weighted by atomic mass is 16.5. The van der Waals surface area contributed by atoms with Crippen LogP contribution in [0.1, 0.15) is 83.5 Å². The molecule has 3 fully saturated rings. The third-order valence-electron chi connectivity index (χ3n) is 7.84. The van der Waals surface area contributed by atoms with Crippen LogP contribution in [-0.4, -0.2) is 93.6 Å². The summed E-state index contributed by atoms with van der Waals surface area (Å²) >= 11 is 0. The molecule has 5 rings (SSSR count). The fourth-order valence-electron chi connectivity index (χ4n) is 5.55. The van der Waals surface area contributed by atoms with Gasteiger partial charge in [0.05, 0.1) is 34.9 Å². The van der Waals surface area contributed by atoms with E-state index in [0.717, 1.165) is 37.1 Å². The van der Waals surface area contributed by atoms with E-state index in [0.29, 0.717) is 50.6 Å². The molecule has 2 aromatic rings. The first-order chi connectivity index (χ1) is 16.6. The topological polar surface area (TPSA) is 116 Å². The van der Waals surface area contributed by atoms with Crippen LogP contribution in [0.3, 0.4) is 0 Å². The van der Waals surface area contributed by atoms with Crippen molar-refractivity contribution in [3.63, 3.8) is 0 Å². The van der Waals surface area contributed by atoms with Gasteiger partial charge in [-0.15, -0.1) is 0 Å². The third-order valence-corrected chi connectivity index (χ3v) is 7.84. The molecule has 10 heteroatoms. The number of piperazine rings is 1. The zero-order valence-electron chi connectivity index (χ0n) is 20.0. The third kappa shape index (κ3) is 4.24. The number of hydrogen-bond acceptors (Lipinski definition) is 6. The molecule has 10 nitrogen and oxygen atoms in total. The minimum absolute atomic E-state index is 0.0205. The lowest BCUT2D eigenvalue weighted by atomic mass is 9.92. The summed E-state index contributed by atoms with van der Waals surface area (Å²) in [5, 5.41) is 14.5. The first kappa shape index (κ1) is 23.0. The number of rotatable bonds is 4. The molecular weight excluding hydrogens is 436 g/mol. The summed E-state index contributed by atoms with van der Waals surface area (Å²) in [6.45, 7) is 7.82. The van der Waals surface area contributed by atoms with Crippen molar-refractivity contribution in [1.29, 1.82) is 0 Å². The summed E-state index contributed by atoms with van der Waals surface area (Å²) < 4.78 is 11.0. The molecule has 0 bridgehead atoms. The number of hydrogen-bond donors (Lipinski definition) is 2. The molecule has 2 N–H and O–H groups in total. The van der Waals surface area contributed by atoms with Crippen molar-refractivity contribution in [2.24, 2.45) is 0 Å². The molecule has 2 amide bonds. The summed E-state index contributed by atoms with van der Waals surface area (Å²) in [6, 6.07) is -0.248. The van der Waals surface area contributed by atoms with E-state index in [9.17, 15) is 9.59 Å². The molecule has 5 heterocycles. The van der Waals surface area contributed by atoms with Crippen molar-refractivity contribution in [1.82, 2.24) is 30.2 Å². The van der Waals surface area contributed by atoms with Crippen molar-refractivity contribution in [2.45, 2.75) is 63.5 Å². The molecule has 2 atom stereocenters. The smallest absolute Gasteiger partial charge is 0.257 e. The van der Waals surface area contributed by atoms with Gasteiger partial charge in [-0.1, -0.05) is 0 Å². The number of amides is 2. The quantitative estimate of drug-likeness (QED) is 0.708. The van der Waals surface area contributed by atoms with Crippen LogP contribution in [0.4, 0.5) is 0 Å². The Bertz CT molecular complexity index is 927. The number of aromatic nitrogens is 4. The molecule has 3 aliphatic rings. The average Bonchev–Trinajstić information content (AvgIpc) is 3.56. The Hall–Kier alpha value is -2.72. The van der Waals surface area contributed by atoms with Crippen molar-refractivity contribution < 1.29 is 19.1 Å². The summed E-state index contributed by atoms with van der Waals surface area (Å²) in [4.78, 5) is 30.9. The van der Waals surface area contributed by atoms with E-state index in [1.54, 1.807) is 12.4 Å². The van der Waals surface area contributed by atoms with Gasteiger partial charge in [0.1, 0.15) is 0 Å². The van der Waals surface area contributed by atoms with Crippen molar-refractivity contribution in [3.8, 4) is 0 Å². The van der Waals surface area contributed by atoms with Crippen LogP contribution in [0.2, 0.25) is 0 Å². The van der Waals surface area contributed by atoms with Crippen LogP contribution in [0, 0.1) is 0 Å². The van der Waals surface area contributed by atoms with E-state index in [4.69, 9.17) is 9.47 Å². The van der Waals surface area contributed by atoms with Crippen LogP contribution in [-0.2, 0) is 9.47 Å². The minimum Gasteiger partial charge on any atom is -0.381 e. The number of aromatic amines is 2. The van der Waals surface area contributed by atoms with E-state index in [-0.39, 0.29) is 35.7 Å². The Balaban J connectivity index is 1.30. The Kier molecular flexibility index (Phi) is 6.69. The van der Waals surface area contributed by atoms with Crippen LogP contribution in [0.25, 0.3) is 0 Å². The molecule has 0 aromatic carbocycles. The molecule has 0 aliphatic carbocycles. The molecule has 0 radical (unpaired) electrons. The van der Waals surface area contributed by atoms with Gasteiger partial charge < -0.3 is 19.3 Å². The van der Waals surface area contributed by atoms with E-state index >= 15 is 0 Å². The van der Waals surface area contributed by atoms with Gasteiger partial charge in [-0.3, -0.25) is 19.8 Å². The Morgan fingerprint density at radius 1 is 0.765 bits per heavy atom. The van der Waals surface area contributed by atoms with Crippen LogP contribution >= 0.6 is 0 Å². The summed E-state index contributed by atoms with van der Waals surface area (Å²) in [5.41, 5.74) is 3.10. The molecule has 3 saturated heterocycles. The maximum Gasteiger partial charge on any atom is 0.257 e. The molecule has 3 aliphatic heterocycles. The van der Waals surface area contributed by atoms with E-state index in [1.165, 1.54) is 0 Å². The predicted molar refractivity (Wildman–Crippen MR) is 124 cm³/mol. The second kappa shape index (κ2) is 9.87. The fraction of sp³-hybridized carbons (Fsp3) is 0.667. The zero-order chi connectivity index (χ0) is 23.7. The van der Waals surface area contributed by atoms with Gasteiger partial charge >= 0.3 is 0 Å². The van der Waals surface area contributed by atoms with Gasteiger partial charge in [-0.2, -0.15) is 10.2 Å². The van der Waals surface area contributed by atoms with Crippen molar-refractivity contribution >= 4 is 11.8 Å². The molecule has 184 valence electrons. The largest absolute Gasteiger partial charge is 0.381 e. The average molecular weight is 471 g/mol. The molecular formula is C24H34N6O4. The number of nitrogens with one attached hydrogen (secondary N) is 2. The predicted octanol–water partition coefficient (Wildman–Crippen LogP) is 2.30. The molecule has 0 saturated carbocycles. The molecule has 34 heavy (non-hydrogen) atoms. The van der Waals surface area contributed by atoms with Crippen LogP contribution in [0.15, 0.2) is 12.4 Å². The molecule has 0 spiro atoms. The van der Waals surface area contributed by atoms with Crippen molar-refractivity contribution in [2.75, 3.05) is 39.5 Å². The highest BCUT2D eigenvalue weighted by Crippen LogP contribution is 2.31. The number of carbonyl (C=O) groups is 2. The van der Waals surface area contributed by atoms with Gasteiger partial charge in [-0.25, -0.2) is 0 Å². The van der Waals surface area contributed by atoms with Gasteiger partial charge in [0, 0.05) is 63.4 Å². The number of H-pyrrole nitrogens is 2. The summed E-state index contributed by atoms with van der Waals surface area (Å²) in [6.07, 6.45) is 6.84. The lowest BCUT2D eigenvalue weighted by Crippen LogP contribution is -2.60.